The molecular formula is C17H18O5. The first-order valence-electron chi connectivity index (χ1n) is 7.56. The van der Waals surface area contributed by atoms with E-state index in [0.717, 1.165) is 54.2 Å². The van der Waals surface area contributed by atoms with E-state index in [2.05, 4.69) is 6.92 Å². The van der Waals surface area contributed by atoms with E-state index in [0.29, 0.717) is 11.3 Å². The molecule has 0 atom stereocenters. The van der Waals surface area contributed by atoms with E-state index in [1.54, 1.807) is 6.07 Å². The Morgan fingerprint density at radius 1 is 1.32 bits per heavy atom. The van der Waals surface area contributed by atoms with Crippen molar-refractivity contribution >= 4 is 16.9 Å². The third-order valence-corrected chi connectivity index (χ3v) is 4.03. The van der Waals surface area contributed by atoms with Gasteiger partial charge in [-0.05, 0) is 42.9 Å². The molecule has 0 unspecified atom stereocenters. The van der Waals surface area contributed by atoms with Gasteiger partial charge >= 0.3 is 11.6 Å². The zero-order valence-electron chi connectivity index (χ0n) is 12.5. The summed E-state index contributed by atoms with van der Waals surface area (Å²) < 4.78 is 10.8. The van der Waals surface area contributed by atoms with Crippen LogP contribution < -0.4 is 10.4 Å². The lowest BCUT2D eigenvalue weighted by molar-refractivity contribution is -0.139. The minimum absolute atomic E-state index is 0.285. The summed E-state index contributed by atoms with van der Waals surface area (Å²) in [6.07, 6.45) is 4.35. The van der Waals surface area contributed by atoms with Crippen molar-refractivity contribution in [3.63, 3.8) is 0 Å². The summed E-state index contributed by atoms with van der Waals surface area (Å²) in [6.45, 7) is 1.65. The number of aryl methyl sites for hydroxylation is 2. The van der Waals surface area contributed by atoms with Gasteiger partial charge in [0.05, 0.1) is 0 Å². The molecule has 0 saturated carbocycles. The van der Waals surface area contributed by atoms with Gasteiger partial charge in [-0.3, -0.25) is 0 Å². The molecule has 2 aromatic rings. The molecule has 1 aromatic heterocycles. The van der Waals surface area contributed by atoms with Crippen LogP contribution in [-0.2, 0) is 24.1 Å². The fourth-order valence-corrected chi connectivity index (χ4v) is 3.09. The highest BCUT2D eigenvalue weighted by atomic mass is 16.5. The molecule has 0 saturated heterocycles. The Hall–Kier alpha value is -2.30. The van der Waals surface area contributed by atoms with Gasteiger partial charge in [0, 0.05) is 17.0 Å². The quantitative estimate of drug-likeness (QED) is 0.859. The van der Waals surface area contributed by atoms with Gasteiger partial charge in [0.1, 0.15) is 11.3 Å². The summed E-state index contributed by atoms with van der Waals surface area (Å²) in [6, 6.07) is 3.65. The van der Waals surface area contributed by atoms with Crippen LogP contribution in [0.2, 0.25) is 0 Å². The summed E-state index contributed by atoms with van der Waals surface area (Å²) in [5, 5.41) is 9.74. The van der Waals surface area contributed by atoms with Crippen molar-refractivity contribution in [3.05, 3.63) is 39.2 Å². The number of fused-ring (bicyclic) bond motifs is 3. The van der Waals surface area contributed by atoms with E-state index in [1.807, 2.05) is 6.07 Å². The maximum Gasteiger partial charge on any atom is 0.341 e. The highest BCUT2D eigenvalue weighted by molar-refractivity contribution is 5.84. The second-order valence-electron chi connectivity index (χ2n) is 5.59. The molecule has 116 valence electrons. The zero-order valence-corrected chi connectivity index (χ0v) is 12.5. The van der Waals surface area contributed by atoms with Crippen LogP contribution >= 0.6 is 0 Å². The van der Waals surface area contributed by atoms with E-state index >= 15 is 0 Å². The number of carbonyl (C=O) groups is 1. The van der Waals surface area contributed by atoms with E-state index in [9.17, 15) is 9.59 Å². The maximum absolute atomic E-state index is 12.0. The molecule has 0 bridgehead atoms. The molecule has 0 aliphatic heterocycles. The van der Waals surface area contributed by atoms with Crippen LogP contribution in [0, 0.1) is 0 Å². The Kier molecular flexibility index (Phi) is 3.88. The fraction of sp³-hybridized carbons (Fsp3) is 0.412. The van der Waals surface area contributed by atoms with Crippen molar-refractivity contribution in [2.75, 3.05) is 6.61 Å². The maximum atomic E-state index is 12.0. The van der Waals surface area contributed by atoms with E-state index in [-0.39, 0.29) is 5.63 Å². The van der Waals surface area contributed by atoms with E-state index < -0.39 is 12.6 Å². The molecule has 1 N–H and O–H groups in total. The number of carboxylic acids is 1. The Morgan fingerprint density at radius 2 is 2.09 bits per heavy atom. The summed E-state index contributed by atoms with van der Waals surface area (Å²) in [4.78, 5) is 22.7. The van der Waals surface area contributed by atoms with Crippen molar-refractivity contribution in [2.24, 2.45) is 0 Å². The molecule has 3 rings (SSSR count). The van der Waals surface area contributed by atoms with Crippen LogP contribution in [0.4, 0.5) is 0 Å². The van der Waals surface area contributed by atoms with Crippen LogP contribution in [0.25, 0.3) is 11.0 Å². The van der Waals surface area contributed by atoms with Gasteiger partial charge in [-0.25, -0.2) is 9.59 Å². The van der Waals surface area contributed by atoms with Gasteiger partial charge < -0.3 is 14.3 Å². The molecule has 1 aliphatic rings. The van der Waals surface area contributed by atoms with Crippen LogP contribution in [0.15, 0.2) is 21.3 Å². The van der Waals surface area contributed by atoms with Crippen LogP contribution in [0.3, 0.4) is 0 Å². The second-order valence-corrected chi connectivity index (χ2v) is 5.59. The Morgan fingerprint density at radius 3 is 2.82 bits per heavy atom. The van der Waals surface area contributed by atoms with Gasteiger partial charge in [0.2, 0.25) is 0 Å². The van der Waals surface area contributed by atoms with Crippen molar-refractivity contribution in [1.29, 1.82) is 0 Å². The van der Waals surface area contributed by atoms with Crippen molar-refractivity contribution in [3.8, 4) is 5.75 Å². The lowest BCUT2D eigenvalue weighted by Crippen LogP contribution is -2.11. The predicted octanol–water partition coefficient (Wildman–Crippen LogP) is 2.70. The van der Waals surface area contributed by atoms with E-state index in [1.165, 1.54) is 0 Å². The van der Waals surface area contributed by atoms with Crippen LogP contribution in [0.1, 0.15) is 36.5 Å². The monoisotopic (exact) mass is 302 g/mol. The van der Waals surface area contributed by atoms with Crippen molar-refractivity contribution in [2.45, 2.75) is 39.0 Å². The molecule has 0 fully saturated rings. The first-order valence-corrected chi connectivity index (χ1v) is 7.56. The molecule has 22 heavy (non-hydrogen) atoms. The Labute approximate surface area is 127 Å². The van der Waals surface area contributed by atoms with Gasteiger partial charge in [-0.15, -0.1) is 0 Å². The summed E-state index contributed by atoms with van der Waals surface area (Å²) >= 11 is 0. The van der Waals surface area contributed by atoms with Gasteiger partial charge in [-0.2, -0.15) is 0 Å². The lowest BCUT2D eigenvalue weighted by atomic mass is 10.0. The topological polar surface area (TPSA) is 76.7 Å². The Balaban J connectivity index is 2.15. The first kappa shape index (κ1) is 14.6. The zero-order chi connectivity index (χ0) is 15.7. The first-order chi connectivity index (χ1) is 10.6. The van der Waals surface area contributed by atoms with Gasteiger partial charge in [-0.1, -0.05) is 13.3 Å². The minimum atomic E-state index is -1.03. The minimum Gasteiger partial charge on any atom is -0.481 e. The number of aliphatic carboxylic acids is 1. The molecule has 1 heterocycles. The highest BCUT2D eigenvalue weighted by Crippen LogP contribution is 2.32. The lowest BCUT2D eigenvalue weighted by Gasteiger charge is -2.12. The van der Waals surface area contributed by atoms with Crippen LogP contribution in [0.5, 0.6) is 5.75 Å². The number of hydrogen-bond acceptors (Lipinski definition) is 4. The average Bonchev–Trinajstić information content (AvgIpc) is 2.96. The number of carboxylic acid groups (broad SMARTS) is 1. The molecule has 0 spiro atoms. The smallest absolute Gasteiger partial charge is 0.341 e. The summed E-state index contributed by atoms with van der Waals surface area (Å²) in [7, 11) is 0. The normalized spacial score (nSPS) is 13.3. The average molecular weight is 302 g/mol. The standard InChI is InChI=1S/C17H18O5/c1-2-4-10-7-13-11-5-3-6-12(11)17(20)22-15(13)8-14(10)21-9-16(18)19/h7-8H,2-6,9H2,1H3,(H,18,19). The van der Waals surface area contributed by atoms with Gasteiger partial charge in [0.25, 0.3) is 0 Å². The van der Waals surface area contributed by atoms with Crippen molar-refractivity contribution in [1.82, 2.24) is 0 Å². The molecule has 1 aromatic carbocycles. The third-order valence-electron chi connectivity index (χ3n) is 4.03. The molecule has 0 amide bonds. The SMILES string of the molecule is CCCc1cc2c3c(c(=O)oc2cc1OCC(=O)O)CCC3. The molecular weight excluding hydrogens is 284 g/mol. The molecule has 0 radical (unpaired) electrons. The third kappa shape index (κ3) is 2.58. The highest BCUT2D eigenvalue weighted by Gasteiger charge is 2.21. The number of rotatable bonds is 5. The van der Waals surface area contributed by atoms with Crippen molar-refractivity contribution < 1.29 is 19.1 Å². The van der Waals surface area contributed by atoms with Gasteiger partial charge in [0.15, 0.2) is 6.61 Å². The van der Waals surface area contributed by atoms with E-state index in [4.69, 9.17) is 14.3 Å². The predicted molar refractivity (Wildman–Crippen MR) is 81.6 cm³/mol. The molecule has 5 heteroatoms. The molecule has 5 nitrogen and oxygen atoms in total. The Bertz CT molecular complexity index is 788. The molecule has 1 aliphatic carbocycles. The number of ether oxygens (including phenoxy) is 1. The second kappa shape index (κ2) is 5.83. The fourth-order valence-electron chi connectivity index (χ4n) is 3.09. The number of hydrogen-bond donors (Lipinski definition) is 1. The summed E-state index contributed by atoms with van der Waals surface area (Å²) in [5.74, 6) is -0.546. The summed E-state index contributed by atoms with van der Waals surface area (Å²) in [5.41, 5.74) is 3.01. The van der Waals surface area contributed by atoms with Crippen LogP contribution in [-0.4, -0.2) is 17.7 Å². The largest absolute Gasteiger partial charge is 0.481 e. The number of benzene rings is 1.